The molecule has 1 aromatic rings. The monoisotopic (exact) mass is 258 g/mol. The highest BCUT2D eigenvalue weighted by molar-refractivity contribution is 5.26. The van der Waals surface area contributed by atoms with Crippen LogP contribution < -0.4 is 0 Å². The summed E-state index contributed by atoms with van der Waals surface area (Å²) in [6.45, 7) is 3.29. The normalized spacial score (nSPS) is 23.6. The van der Waals surface area contributed by atoms with Crippen LogP contribution in [0.4, 0.5) is 0 Å². The van der Waals surface area contributed by atoms with Crippen molar-refractivity contribution in [2.45, 2.75) is 57.9 Å². The molecule has 0 amide bonds. The molecule has 2 aliphatic carbocycles. The van der Waals surface area contributed by atoms with Gasteiger partial charge in [-0.25, -0.2) is 4.98 Å². The van der Waals surface area contributed by atoms with Crippen molar-refractivity contribution in [1.82, 2.24) is 9.88 Å². The van der Waals surface area contributed by atoms with Gasteiger partial charge >= 0.3 is 0 Å². The van der Waals surface area contributed by atoms with E-state index in [0.29, 0.717) is 0 Å². The van der Waals surface area contributed by atoms with Gasteiger partial charge in [0.2, 0.25) is 5.89 Å². The van der Waals surface area contributed by atoms with E-state index in [1.807, 2.05) is 0 Å². The van der Waals surface area contributed by atoms with Gasteiger partial charge in [0.15, 0.2) is 0 Å². The molecule has 3 aliphatic rings. The molecule has 1 aliphatic heterocycles. The fourth-order valence-corrected chi connectivity index (χ4v) is 3.42. The Morgan fingerprint density at radius 2 is 1.63 bits per heavy atom. The molecule has 1 aromatic heterocycles. The first-order valence-electron chi connectivity index (χ1n) is 7.78. The summed E-state index contributed by atoms with van der Waals surface area (Å²) in [7, 11) is 0. The summed E-state index contributed by atoms with van der Waals surface area (Å²) in [5.74, 6) is 2.12. The Hall–Kier alpha value is -1.09. The lowest BCUT2D eigenvalue weighted by Crippen LogP contribution is -2.30. The predicted molar refractivity (Wildman–Crippen MR) is 73.9 cm³/mol. The minimum atomic E-state index is 0.912. The third-order valence-electron chi connectivity index (χ3n) is 4.71. The maximum absolute atomic E-state index is 5.93. The highest BCUT2D eigenvalue weighted by Crippen LogP contribution is 2.36. The van der Waals surface area contributed by atoms with Gasteiger partial charge in [0.1, 0.15) is 5.76 Å². The van der Waals surface area contributed by atoms with Crippen LogP contribution >= 0.6 is 0 Å². The molecular weight excluding hydrogens is 236 g/mol. The molecular formula is C16H22N2O. The number of rotatable bonds is 2. The van der Waals surface area contributed by atoms with Gasteiger partial charge in [0.05, 0.1) is 12.2 Å². The lowest BCUT2D eigenvalue weighted by Gasteiger charge is -2.27. The molecule has 0 N–H and O–H groups in total. The number of likely N-dealkylation sites (tertiary alicyclic amines) is 1. The van der Waals surface area contributed by atoms with E-state index in [2.05, 4.69) is 4.90 Å². The summed E-state index contributed by atoms with van der Waals surface area (Å²) in [6.07, 6.45) is 10.1. The van der Waals surface area contributed by atoms with Crippen molar-refractivity contribution < 1.29 is 4.42 Å². The van der Waals surface area contributed by atoms with Crippen molar-refractivity contribution >= 4 is 0 Å². The van der Waals surface area contributed by atoms with Crippen LogP contribution in [0.15, 0.2) is 15.6 Å². The number of fused-ring (bicyclic) bond motifs is 1. The number of aromatic nitrogens is 1. The van der Waals surface area contributed by atoms with Crippen molar-refractivity contribution in [2.75, 3.05) is 13.1 Å². The zero-order valence-electron chi connectivity index (χ0n) is 11.6. The lowest BCUT2D eigenvalue weighted by molar-refractivity contribution is 0.222. The van der Waals surface area contributed by atoms with E-state index in [-0.39, 0.29) is 0 Å². The molecule has 1 saturated carbocycles. The van der Waals surface area contributed by atoms with E-state index >= 15 is 0 Å². The summed E-state index contributed by atoms with van der Waals surface area (Å²) >= 11 is 0. The molecule has 1 saturated heterocycles. The molecule has 0 spiro atoms. The number of hydrogen-bond donors (Lipinski definition) is 0. The summed E-state index contributed by atoms with van der Waals surface area (Å²) in [4.78, 5) is 7.19. The molecule has 2 fully saturated rings. The lowest BCUT2D eigenvalue weighted by atomic mass is 10.0. The van der Waals surface area contributed by atoms with Crippen molar-refractivity contribution in [1.29, 1.82) is 0 Å². The number of piperidine rings is 1. The van der Waals surface area contributed by atoms with E-state index in [1.165, 1.54) is 63.1 Å². The van der Waals surface area contributed by atoms with Gasteiger partial charge in [-0.1, -0.05) is 11.1 Å². The van der Waals surface area contributed by atoms with Gasteiger partial charge in [0.25, 0.3) is 0 Å². The van der Waals surface area contributed by atoms with E-state index < -0.39 is 0 Å². The van der Waals surface area contributed by atoms with E-state index in [9.17, 15) is 0 Å². The minimum absolute atomic E-state index is 0.912. The minimum Gasteiger partial charge on any atom is -0.444 e. The van der Waals surface area contributed by atoms with Crippen LogP contribution in [0.25, 0.3) is 0 Å². The van der Waals surface area contributed by atoms with Gasteiger partial charge in [-0.15, -0.1) is 0 Å². The number of aryl methyl sites for hydroxylation is 2. The smallest absolute Gasteiger partial charge is 0.208 e. The Morgan fingerprint density at radius 1 is 0.895 bits per heavy atom. The summed E-state index contributed by atoms with van der Waals surface area (Å²) in [5, 5.41) is 0. The fourth-order valence-electron chi connectivity index (χ4n) is 3.42. The van der Waals surface area contributed by atoms with E-state index in [1.54, 1.807) is 11.1 Å². The van der Waals surface area contributed by atoms with Crippen LogP contribution in [-0.2, 0) is 19.4 Å². The van der Waals surface area contributed by atoms with Crippen LogP contribution in [0.5, 0.6) is 0 Å². The fraction of sp³-hybridized carbons (Fsp3) is 0.688. The summed E-state index contributed by atoms with van der Waals surface area (Å²) in [5.41, 5.74) is 4.74. The van der Waals surface area contributed by atoms with Gasteiger partial charge in [-0.3, -0.25) is 4.90 Å². The summed E-state index contributed by atoms with van der Waals surface area (Å²) in [6, 6.07) is 0. The largest absolute Gasteiger partial charge is 0.444 e. The maximum atomic E-state index is 5.93. The third kappa shape index (κ3) is 2.48. The molecule has 19 heavy (non-hydrogen) atoms. The number of allylic oxidation sites excluding steroid dienone is 1. The van der Waals surface area contributed by atoms with Crippen LogP contribution in [0.2, 0.25) is 0 Å². The van der Waals surface area contributed by atoms with Gasteiger partial charge < -0.3 is 4.42 Å². The Bertz CT molecular complexity index is 475. The third-order valence-corrected chi connectivity index (χ3v) is 4.71. The van der Waals surface area contributed by atoms with Crippen LogP contribution in [-0.4, -0.2) is 23.0 Å². The van der Waals surface area contributed by atoms with Crippen molar-refractivity contribution in [3.63, 3.8) is 0 Å². The number of nitrogens with zero attached hydrogens (tertiary/aromatic N) is 2. The first kappa shape index (κ1) is 11.7. The number of hydrogen-bond acceptors (Lipinski definition) is 3. The van der Waals surface area contributed by atoms with E-state index in [4.69, 9.17) is 9.40 Å². The Balaban J connectivity index is 1.39. The van der Waals surface area contributed by atoms with Crippen molar-refractivity contribution in [3.05, 3.63) is 28.5 Å². The zero-order chi connectivity index (χ0) is 12.7. The SMILES string of the molecule is C1CCc2oc(CN3CCC(=C4CC4)CC3)nc2C1. The molecule has 0 aromatic carbocycles. The highest BCUT2D eigenvalue weighted by Gasteiger charge is 2.23. The van der Waals surface area contributed by atoms with Crippen molar-refractivity contribution in [3.8, 4) is 0 Å². The molecule has 3 nitrogen and oxygen atoms in total. The second-order valence-electron chi connectivity index (χ2n) is 6.17. The molecule has 3 heteroatoms. The molecule has 0 unspecified atom stereocenters. The van der Waals surface area contributed by atoms with Crippen molar-refractivity contribution in [2.24, 2.45) is 0 Å². The Kier molecular flexibility index (Phi) is 2.95. The molecule has 102 valence electrons. The number of oxazole rings is 1. The summed E-state index contributed by atoms with van der Waals surface area (Å²) < 4.78 is 5.93. The van der Waals surface area contributed by atoms with Crippen LogP contribution in [0.3, 0.4) is 0 Å². The molecule has 0 bridgehead atoms. The van der Waals surface area contributed by atoms with Crippen LogP contribution in [0.1, 0.15) is 55.9 Å². The Morgan fingerprint density at radius 3 is 2.37 bits per heavy atom. The van der Waals surface area contributed by atoms with Gasteiger partial charge in [-0.05, 0) is 44.9 Å². The Labute approximate surface area is 114 Å². The first-order valence-corrected chi connectivity index (χ1v) is 7.78. The van der Waals surface area contributed by atoms with E-state index in [0.717, 1.165) is 25.3 Å². The molecule has 2 heterocycles. The highest BCUT2D eigenvalue weighted by atomic mass is 16.4. The average molecular weight is 258 g/mol. The van der Waals surface area contributed by atoms with Gasteiger partial charge in [0, 0.05) is 19.5 Å². The molecule has 0 atom stereocenters. The second kappa shape index (κ2) is 4.78. The quantitative estimate of drug-likeness (QED) is 0.763. The average Bonchev–Trinajstić information content (AvgIpc) is 3.20. The second-order valence-corrected chi connectivity index (χ2v) is 6.17. The molecule has 4 rings (SSSR count). The first-order chi connectivity index (χ1) is 9.38. The topological polar surface area (TPSA) is 29.3 Å². The van der Waals surface area contributed by atoms with Crippen LogP contribution in [0, 0.1) is 0 Å². The zero-order valence-corrected chi connectivity index (χ0v) is 11.6. The maximum Gasteiger partial charge on any atom is 0.208 e. The van der Waals surface area contributed by atoms with Gasteiger partial charge in [-0.2, -0.15) is 0 Å². The standard InChI is InChI=1S/C16H22N2O/c1-2-4-15-14(3-1)17-16(19-15)11-18-9-7-13(8-10-18)12-5-6-12/h1-11H2. The molecule has 0 radical (unpaired) electrons. The predicted octanol–water partition coefficient (Wildman–Crippen LogP) is 3.24.